The van der Waals surface area contributed by atoms with E-state index in [0.717, 1.165) is 19.4 Å². The Kier molecular flexibility index (Phi) is 4.74. The van der Waals surface area contributed by atoms with Crippen molar-refractivity contribution in [3.63, 3.8) is 0 Å². The number of nitrogens with one attached hydrogen (secondary N) is 3. The Balaban J connectivity index is 2.07. The smallest absolute Gasteiger partial charge is 0.251 e. The maximum atomic E-state index is 12.3. The molecule has 0 spiro atoms. The van der Waals surface area contributed by atoms with Gasteiger partial charge in [-0.05, 0) is 44.5 Å². The lowest BCUT2D eigenvalue weighted by Crippen LogP contribution is -2.51. The molecule has 20 heavy (non-hydrogen) atoms. The molecule has 1 aliphatic rings. The molecule has 2 atom stereocenters. The normalized spacial score (nSPS) is 22.1. The summed E-state index contributed by atoms with van der Waals surface area (Å²) < 4.78 is 0. The minimum absolute atomic E-state index is 0.128. The zero-order valence-electron chi connectivity index (χ0n) is 11.9. The fourth-order valence-corrected chi connectivity index (χ4v) is 2.44. The van der Waals surface area contributed by atoms with Gasteiger partial charge in [-0.2, -0.15) is 0 Å². The van der Waals surface area contributed by atoms with Crippen LogP contribution in [0.3, 0.4) is 0 Å². The van der Waals surface area contributed by atoms with E-state index in [9.17, 15) is 9.59 Å². The zero-order valence-corrected chi connectivity index (χ0v) is 11.9. The second kappa shape index (κ2) is 6.52. The van der Waals surface area contributed by atoms with Crippen LogP contribution < -0.4 is 16.0 Å². The summed E-state index contributed by atoms with van der Waals surface area (Å²) in [5.41, 5.74) is 1.01. The Labute approximate surface area is 119 Å². The molecule has 1 aromatic rings. The van der Waals surface area contributed by atoms with Crippen LogP contribution in [0.2, 0.25) is 0 Å². The molecule has 0 aromatic heterocycles. The molecule has 108 valence electrons. The number of carbonyl (C=O) groups is 2. The first-order valence-corrected chi connectivity index (χ1v) is 6.98. The molecule has 1 heterocycles. The van der Waals surface area contributed by atoms with E-state index in [1.54, 1.807) is 31.3 Å². The van der Waals surface area contributed by atoms with Crippen molar-refractivity contribution in [3.8, 4) is 0 Å². The van der Waals surface area contributed by atoms with E-state index in [1.807, 2.05) is 0 Å². The SMILES string of the molecule is CNC(=O)c1cccc(C(=O)NC2CCCNC2C)c1. The van der Waals surface area contributed by atoms with Crippen molar-refractivity contribution in [2.75, 3.05) is 13.6 Å². The van der Waals surface area contributed by atoms with Gasteiger partial charge in [0.25, 0.3) is 11.8 Å². The van der Waals surface area contributed by atoms with Crippen molar-refractivity contribution in [1.82, 2.24) is 16.0 Å². The monoisotopic (exact) mass is 275 g/mol. The first-order valence-electron chi connectivity index (χ1n) is 6.98. The van der Waals surface area contributed by atoms with Crippen molar-refractivity contribution in [2.45, 2.75) is 31.8 Å². The molecule has 0 aliphatic carbocycles. The number of rotatable bonds is 3. The van der Waals surface area contributed by atoms with Crippen molar-refractivity contribution >= 4 is 11.8 Å². The number of piperidine rings is 1. The molecular weight excluding hydrogens is 254 g/mol. The molecule has 2 amide bonds. The molecule has 1 aliphatic heterocycles. The molecule has 5 nitrogen and oxygen atoms in total. The van der Waals surface area contributed by atoms with Gasteiger partial charge in [-0.15, -0.1) is 0 Å². The van der Waals surface area contributed by atoms with Gasteiger partial charge in [-0.3, -0.25) is 9.59 Å². The van der Waals surface area contributed by atoms with Gasteiger partial charge in [0.05, 0.1) is 0 Å². The van der Waals surface area contributed by atoms with Gasteiger partial charge >= 0.3 is 0 Å². The Morgan fingerprint density at radius 3 is 2.60 bits per heavy atom. The van der Waals surface area contributed by atoms with Crippen molar-refractivity contribution < 1.29 is 9.59 Å². The number of hydrogen-bond donors (Lipinski definition) is 3. The average Bonchev–Trinajstić information content (AvgIpc) is 2.49. The Hall–Kier alpha value is -1.88. The second-order valence-electron chi connectivity index (χ2n) is 5.12. The minimum atomic E-state index is -0.188. The van der Waals surface area contributed by atoms with Crippen LogP contribution in [-0.4, -0.2) is 37.5 Å². The van der Waals surface area contributed by atoms with Crippen LogP contribution in [0.4, 0.5) is 0 Å². The highest BCUT2D eigenvalue weighted by molar-refractivity contribution is 5.99. The summed E-state index contributed by atoms with van der Waals surface area (Å²) in [6, 6.07) is 7.18. The molecule has 1 saturated heterocycles. The fourth-order valence-electron chi connectivity index (χ4n) is 2.44. The quantitative estimate of drug-likeness (QED) is 0.768. The third-order valence-corrected chi connectivity index (χ3v) is 3.69. The van der Waals surface area contributed by atoms with Gasteiger partial charge in [-0.25, -0.2) is 0 Å². The van der Waals surface area contributed by atoms with Crippen LogP contribution in [0.25, 0.3) is 0 Å². The van der Waals surface area contributed by atoms with Crippen LogP contribution in [0, 0.1) is 0 Å². The molecule has 1 aromatic carbocycles. The van der Waals surface area contributed by atoms with E-state index in [4.69, 9.17) is 0 Å². The van der Waals surface area contributed by atoms with Crippen molar-refractivity contribution in [3.05, 3.63) is 35.4 Å². The van der Waals surface area contributed by atoms with Gasteiger partial charge in [0.1, 0.15) is 0 Å². The van der Waals surface area contributed by atoms with E-state index >= 15 is 0 Å². The average molecular weight is 275 g/mol. The van der Waals surface area contributed by atoms with E-state index in [2.05, 4.69) is 22.9 Å². The summed E-state index contributed by atoms with van der Waals surface area (Å²) >= 11 is 0. The first-order chi connectivity index (χ1) is 9.61. The van der Waals surface area contributed by atoms with E-state index < -0.39 is 0 Å². The van der Waals surface area contributed by atoms with Gasteiger partial charge in [0.15, 0.2) is 0 Å². The van der Waals surface area contributed by atoms with Gasteiger partial charge in [0.2, 0.25) is 0 Å². The molecule has 2 unspecified atom stereocenters. The molecule has 5 heteroatoms. The fraction of sp³-hybridized carbons (Fsp3) is 0.467. The van der Waals surface area contributed by atoms with Crippen LogP contribution in [0.15, 0.2) is 24.3 Å². The Bertz CT molecular complexity index is 502. The van der Waals surface area contributed by atoms with Crippen LogP contribution in [-0.2, 0) is 0 Å². The number of benzene rings is 1. The summed E-state index contributed by atoms with van der Waals surface area (Å²) in [5.74, 6) is -0.316. The molecule has 2 rings (SSSR count). The maximum Gasteiger partial charge on any atom is 0.251 e. The van der Waals surface area contributed by atoms with Gasteiger partial charge in [-0.1, -0.05) is 6.07 Å². The lowest BCUT2D eigenvalue weighted by atomic mass is 9.99. The predicted octanol–water partition coefficient (Wildman–Crippen LogP) is 0.916. The number of amides is 2. The van der Waals surface area contributed by atoms with Gasteiger partial charge < -0.3 is 16.0 Å². The highest BCUT2D eigenvalue weighted by Gasteiger charge is 2.23. The van der Waals surface area contributed by atoms with E-state index in [-0.39, 0.29) is 23.9 Å². The van der Waals surface area contributed by atoms with Crippen LogP contribution >= 0.6 is 0 Å². The first kappa shape index (κ1) is 14.5. The topological polar surface area (TPSA) is 70.2 Å². The highest BCUT2D eigenvalue weighted by atomic mass is 16.2. The maximum absolute atomic E-state index is 12.3. The molecule has 1 fully saturated rings. The summed E-state index contributed by atoms with van der Waals surface area (Å²) in [5, 5.41) is 8.94. The lowest BCUT2D eigenvalue weighted by molar-refractivity contribution is 0.0920. The summed E-state index contributed by atoms with van der Waals surface area (Å²) in [6.07, 6.45) is 2.04. The lowest BCUT2D eigenvalue weighted by Gasteiger charge is -2.30. The molecule has 0 saturated carbocycles. The predicted molar refractivity (Wildman–Crippen MR) is 77.8 cm³/mol. The minimum Gasteiger partial charge on any atom is -0.355 e. The Morgan fingerprint density at radius 1 is 1.25 bits per heavy atom. The molecule has 3 N–H and O–H groups in total. The van der Waals surface area contributed by atoms with Gasteiger partial charge in [0, 0.05) is 30.3 Å². The number of hydrogen-bond acceptors (Lipinski definition) is 3. The highest BCUT2D eigenvalue weighted by Crippen LogP contribution is 2.11. The molecule has 0 bridgehead atoms. The molecule has 0 radical (unpaired) electrons. The standard InChI is InChI=1S/C15H21N3O2/c1-10-13(7-4-8-17-10)18-15(20)12-6-3-5-11(9-12)14(19)16-2/h3,5-6,9-10,13,17H,4,7-8H2,1-2H3,(H,16,19)(H,18,20). The van der Waals surface area contributed by atoms with E-state index in [0.29, 0.717) is 11.1 Å². The second-order valence-corrected chi connectivity index (χ2v) is 5.12. The van der Waals surface area contributed by atoms with Crippen LogP contribution in [0.5, 0.6) is 0 Å². The third-order valence-electron chi connectivity index (χ3n) is 3.69. The van der Waals surface area contributed by atoms with Crippen molar-refractivity contribution in [1.29, 1.82) is 0 Å². The summed E-state index contributed by atoms with van der Waals surface area (Å²) in [6.45, 7) is 3.07. The van der Waals surface area contributed by atoms with E-state index in [1.165, 1.54) is 0 Å². The van der Waals surface area contributed by atoms with Crippen molar-refractivity contribution in [2.24, 2.45) is 0 Å². The third kappa shape index (κ3) is 3.36. The largest absolute Gasteiger partial charge is 0.355 e. The summed E-state index contributed by atoms with van der Waals surface area (Å²) in [4.78, 5) is 23.8. The Morgan fingerprint density at radius 2 is 1.95 bits per heavy atom. The zero-order chi connectivity index (χ0) is 14.5. The summed E-state index contributed by atoms with van der Waals surface area (Å²) in [7, 11) is 1.57. The van der Waals surface area contributed by atoms with Crippen LogP contribution in [0.1, 0.15) is 40.5 Å². The molecular formula is C15H21N3O2. The number of carbonyl (C=O) groups excluding carboxylic acids is 2.